The van der Waals surface area contributed by atoms with Crippen LogP contribution in [0.2, 0.25) is 0 Å². The molecule has 2 amide bonds. The molecule has 5 heterocycles. The van der Waals surface area contributed by atoms with E-state index in [1.807, 2.05) is 6.92 Å². The number of nitrogens with zero attached hydrogens (tertiary/aromatic N) is 7. The van der Waals surface area contributed by atoms with E-state index in [4.69, 9.17) is 4.42 Å². The topological polar surface area (TPSA) is 114 Å². The lowest BCUT2D eigenvalue weighted by molar-refractivity contribution is -0.137. The number of urea groups is 1. The molecule has 2 fully saturated rings. The molecule has 1 aliphatic heterocycles. The first-order valence-electron chi connectivity index (χ1n) is 12.0. The minimum atomic E-state index is -4.69. The van der Waals surface area contributed by atoms with Crippen LogP contribution in [0.4, 0.5) is 23.8 Å². The zero-order chi connectivity index (χ0) is 25.9. The molecule has 0 unspecified atom stereocenters. The normalized spacial score (nSPS) is 23.2. The van der Waals surface area contributed by atoms with E-state index in [-0.39, 0.29) is 23.2 Å². The maximum atomic E-state index is 13.8. The van der Waals surface area contributed by atoms with Gasteiger partial charge in [0.2, 0.25) is 11.8 Å². The molecule has 0 spiro atoms. The highest BCUT2D eigenvalue weighted by atomic mass is 19.4. The zero-order valence-corrected chi connectivity index (χ0v) is 20.0. The van der Waals surface area contributed by atoms with E-state index in [1.165, 1.54) is 10.7 Å². The highest BCUT2D eigenvalue weighted by molar-refractivity contribution is 5.90. The van der Waals surface area contributed by atoms with Crippen molar-refractivity contribution in [2.45, 2.75) is 57.3 Å². The van der Waals surface area contributed by atoms with Crippen LogP contribution in [0.1, 0.15) is 50.5 Å². The summed E-state index contributed by atoms with van der Waals surface area (Å²) in [5.41, 5.74) is -1.40. The van der Waals surface area contributed by atoms with Gasteiger partial charge in [0.05, 0.1) is 17.3 Å². The molecule has 0 radical (unpaired) electrons. The summed E-state index contributed by atoms with van der Waals surface area (Å²) >= 11 is 0. The molecule has 0 aromatic carbocycles. The molecule has 1 N–H and O–H groups in total. The summed E-state index contributed by atoms with van der Waals surface area (Å²) in [6, 6.07) is 4.07. The summed E-state index contributed by atoms with van der Waals surface area (Å²) in [4.78, 5) is 23.1. The fourth-order valence-electron chi connectivity index (χ4n) is 5.60. The number of nitrogens with one attached hydrogen (secondary N) is 1. The van der Waals surface area contributed by atoms with Gasteiger partial charge in [0.1, 0.15) is 11.4 Å². The number of amides is 2. The Labute approximate surface area is 208 Å². The highest BCUT2D eigenvalue weighted by Gasteiger charge is 2.62. The van der Waals surface area contributed by atoms with Crippen LogP contribution < -0.4 is 5.32 Å². The number of alkyl halides is 3. The Morgan fingerprint density at radius 1 is 1.24 bits per heavy atom. The number of aryl methyl sites for hydroxylation is 1. The lowest BCUT2D eigenvalue weighted by Gasteiger charge is -2.61. The van der Waals surface area contributed by atoms with Crippen molar-refractivity contribution >= 4 is 17.4 Å². The zero-order valence-electron chi connectivity index (χ0n) is 20.0. The van der Waals surface area contributed by atoms with E-state index in [2.05, 4.69) is 37.5 Å². The number of halogens is 3. The van der Waals surface area contributed by atoms with E-state index >= 15 is 0 Å². The number of anilines is 1. The average Bonchev–Trinajstić information content (AvgIpc) is 3.52. The third-order valence-electron chi connectivity index (χ3n) is 7.11. The third kappa shape index (κ3) is 3.80. The molecule has 4 aromatic rings. The molecule has 4 aromatic heterocycles. The van der Waals surface area contributed by atoms with Crippen molar-refractivity contribution in [3.8, 4) is 11.4 Å². The summed E-state index contributed by atoms with van der Waals surface area (Å²) in [5.74, 6) is 1.03. The number of rotatable bonds is 4. The summed E-state index contributed by atoms with van der Waals surface area (Å²) in [7, 11) is 0. The third-order valence-corrected chi connectivity index (χ3v) is 7.11. The molecule has 3 atom stereocenters. The first-order chi connectivity index (χ1) is 17.7. The smallest absolute Gasteiger partial charge is 0.418 e. The Morgan fingerprint density at radius 3 is 2.84 bits per heavy atom. The summed E-state index contributed by atoms with van der Waals surface area (Å²) in [6.45, 7) is 4.01. The summed E-state index contributed by atoms with van der Waals surface area (Å²) < 4.78 is 48.7. The molecule has 6 rings (SSSR count). The minimum Gasteiger partial charge on any atom is -0.423 e. The fraction of sp³-hybridized carbons (Fsp3) is 0.417. The van der Waals surface area contributed by atoms with Crippen molar-refractivity contribution in [2.24, 2.45) is 5.92 Å². The van der Waals surface area contributed by atoms with Gasteiger partial charge in [0.25, 0.3) is 0 Å². The van der Waals surface area contributed by atoms with E-state index in [0.717, 1.165) is 12.5 Å². The second-order valence-corrected chi connectivity index (χ2v) is 9.66. The molecular weight excluding hydrogens is 489 g/mol. The van der Waals surface area contributed by atoms with Gasteiger partial charge in [-0.3, -0.25) is 5.32 Å². The van der Waals surface area contributed by atoms with Gasteiger partial charge in [-0.1, -0.05) is 13.8 Å². The SMILES string of the molecule is CCc1nnc([C@]23C[C@H](C)C[C@H](C2)N3C(=O)Nc2cc(-c3ncc4cccn4n3)c(C(F)(F)F)cn2)o1. The number of hydrogen-bond donors (Lipinski definition) is 1. The van der Waals surface area contributed by atoms with Crippen molar-refractivity contribution in [2.75, 3.05) is 5.32 Å². The van der Waals surface area contributed by atoms with Gasteiger partial charge in [-0.15, -0.1) is 15.3 Å². The second-order valence-electron chi connectivity index (χ2n) is 9.66. The first-order valence-corrected chi connectivity index (χ1v) is 12.0. The van der Waals surface area contributed by atoms with Gasteiger partial charge >= 0.3 is 12.2 Å². The van der Waals surface area contributed by atoms with Crippen LogP contribution >= 0.6 is 0 Å². The first kappa shape index (κ1) is 23.4. The monoisotopic (exact) mass is 512 g/mol. The van der Waals surface area contributed by atoms with Gasteiger partial charge in [0.15, 0.2) is 5.82 Å². The molecule has 13 heteroatoms. The van der Waals surface area contributed by atoms with Crippen LogP contribution in [0, 0.1) is 5.92 Å². The van der Waals surface area contributed by atoms with Crippen LogP contribution in [-0.4, -0.2) is 46.8 Å². The number of fused-ring (bicyclic) bond motifs is 3. The van der Waals surface area contributed by atoms with Gasteiger partial charge < -0.3 is 9.32 Å². The number of carbonyl (C=O) groups excluding carboxylic acids is 1. The lowest BCUT2D eigenvalue weighted by atomic mass is 9.64. The van der Waals surface area contributed by atoms with Gasteiger partial charge in [-0.2, -0.15) is 13.2 Å². The number of piperidine rings is 1. The number of carbonyl (C=O) groups is 1. The van der Waals surface area contributed by atoms with Gasteiger partial charge in [-0.25, -0.2) is 19.3 Å². The Morgan fingerprint density at radius 2 is 2.08 bits per heavy atom. The van der Waals surface area contributed by atoms with Crippen molar-refractivity contribution in [1.29, 1.82) is 0 Å². The van der Waals surface area contributed by atoms with Crippen LogP contribution in [0.15, 0.2) is 41.2 Å². The largest absolute Gasteiger partial charge is 0.423 e. The van der Waals surface area contributed by atoms with Crippen molar-refractivity contribution in [3.63, 3.8) is 0 Å². The predicted octanol–water partition coefficient (Wildman–Crippen LogP) is 4.69. The highest BCUT2D eigenvalue weighted by Crippen LogP contribution is 2.55. The lowest BCUT2D eigenvalue weighted by Crippen LogP contribution is -2.70. The van der Waals surface area contributed by atoms with E-state index in [0.29, 0.717) is 48.7 Å². The molecular formula is C24H23F3N8O2. The van der Waals surface area contributed by atoms with E-state index in [9.17, 15) is 18.0 Å². The van der Waals surface area contributed by atoms with E-state index < -0.39 is 23.3 Å². The summed E-state index contributed by atoms with van der Waals surface area (Å²) in [5, 5.41) is 15.2. The van der Waals surface area contributed by atoms with Crippen LogP contribution in [0.5, 0.6) is 0 Å². The molecule has 1 aliphatic carbocycles. The Kier molecular flexibility index (Phi) is 5.21. The molecule has 2 bridgehead atoms. The van der Waals surface area contributed by atoms with Crippen molar-refractivity contribution < 1.29 is 22.4 Å². The number of hydrogen-bond acceptors (Lipinski definition) is 7. The minimum absolute atomic E-state index is 0.0443. The molecule has 1 saturated carbocycles. The Balaban J connectivity index is 1.34. The van der Waals surface area contributed by atoms with Crippen LogP contribution in [0.25, 0.3) is 16.9 Å². The molecule has 37 heavy (non-hydrogen) atoms. The van der Waals surface area contributed by atoms with Crippen molar-refractivity contribution in [1.82, 2.24) is 34.7 Å². The summed E-state index contributed by atoms with van der Waals surface area (Å²) in [6.07, 6.45) is 1.76. The number of pyridine rings is 1. The fourth-order valence-corrected chi connectivity index (χ4v) is 5.60. The Hall–Kier alpha value is -4.03. The second kappa shape index (κ2) is 8.25. The Bertz CT molecular complexity index is 1500. The van der Waals surface area contributed by atoms with Crippen LogP contribution in [0.3, 0.4) is 0 Å². The maximum absolute atomic E-state index is 13.8. The quantitative estimate of drug-likeness (QED) is 0.422. The molecule has 192 valence electrons. The van der Waals surface area contributed by atoms with E-state index in [1.54, 1.807) is 23.2 Å². The average molecular weight is 512 g/mol. The van der Waals surface area contributed by atoms with Gasteiger partial charge in [0, 0.05) is 36.8 Å². The van der Waals surface area contributed by atoms with Crippen LogP contribution in [-0.2, 0) is 18.1 Å². The van der Waals surface area contributed by atoms with Gasteiger partial charge in [-0.05, 0) is 37.0 Å². The molecule has 10 nitrogen and oxygen atoms in total. The number of likely N-dealkylation sites (tertiary alicyclic amines) is 1. The standard InChI is InChI=1S/C24H23F3N8O2/c1-3-19-31-32-21(37-19)23-9-13(2)7-15(10-23)35(23)22(36)30-18-8-16(17(12-28-18)24(25,26)27)20-29-11-14-5-4-6-34(14)33-20/h4-6,8,11-13,15H,3,7,9-10H2,1-2H3,(H,28,30,36)/t13-,15-,23+/m1/s1. The number of aromatic nitrogens is 6. The predicted molar refractivity (Wildman–Crippen MR) is 124 cm³/mol. The van der Waals surface area contributed by atoms with Crippen molar-refractivity contribution in [3.05, 3.63) is 54.1 Å². The molecule has 2 aliphatic rings. The molecule has 1 saturated heterocycles. The maximum Gasteiger partial charge on any atom is 0.418 e.